The van der Waals surface area contributed by atoms with Crippen molar-refractivity contribution in [1.82, 2.24) is 0 Å². The van der Waals surface area contributed by atoms with Crippen LogP contribution in [0.1, 0.15) is 28.8 Å². The van der Waals surface area contributed by atoms with E-state index >= 15 is 0 Å². The lowest BCUT2D eigenvalue weighted by Gasteiger charge is -2.07. The number of Topliss-reactive ketones (excluding diaryl/α,β-unsaturated/α-hetero) is 1. The molecule has 0 unspecified atom stereocenters. The first-order valence-corrected chi connectivity index (χ1v) is 7.19. The topological polar surface area (TPSA) is 26.3 Å². The largest absolute Gasteiger partial charge is 0.489 e. The maximum Gasteiger partial charge on any atom is 0.162 e. The zero-order valence-electron chi connectivity index (χ0n) is 11.2. The monoisotopic (exact) mass is 288 g/mol. The molecule has 0 atom stereocenters. The van der Waals surface area contributed by atoms with Gasteiger partial charge >= 0.3 is 0 Å². The zero-order chi connectivity index (χ0) is 14.2. The van der Waals surface area contributed by atoms with Crippen LogP contribution in [0.5, 0.6) is 5.75 Å². The van der Waals surface area contributed by atoms with Crippen LogP contribution in [0.15, 0.2) is 54.6 Å². The molecule has 20 heavy (non-hydrogen) atoms. The standard InChI is InChI=1S/C17H17ClO2/c18-12-4-7-17(19)15-8-10-16(11-9-15)20-13-14-5-2-1-3-6-14/h1-3,5-6,8-11H,4,7,12-13H2. The second-order valence-corrected chi connectivity index (χ2v) is 4.89. The lowest BCUT2D eigenvalue weighted by Crippen LogP contribution is -2.00. The predicted octanol–water partition coefficient (Wildman–Crippen LogP) is 4.47. The van der Waals surface area contributed by atoms with Gasteiger partial charge in [0.15, 0.2) is 5.78 Å². The van der Waals surface area contributed by atoms with Crippen LogP contribution in [0.25, 0.3) is 0 Å². The van der Waals surface area contributed by atoms with Crippen molar-refractivity contribution < 1.29 is 9.53 Å². The normalized spacial score (nSPS) is 10.2. The Balaban J connectivity index is 1.90. The second-order valence-electron chi connectivity index (χ2n) is 4.51. The number of carbonyl (C=O) groups is 1. The van der Waals surface area contributed by atoms with Crippen LogP contribution in [-0.2, 0) is 6.61 Å². The number of hydrogen-bond acceptors (Lipinski definition) is 2. The molecular weight excluding hydrogens is 272 g/mol. The molecule has 0 N–H and O–H groups in total. The van der Waals surface area contributed by atoms with Crippen molar-refractivity contribution in [3.05, 3.63) is 65.7 Å². The smallest absolute Gasteiger partial charge is 0.162 e. The molecule has 0 saturated heterocycles. The Morgan fingerprint density at radius 1 is 1.00 bits per heavy atom. The minimum atomic E-state index is 0.125. The highest BCUT2D eigenvalue weighted by Gasteiger charge is 2.05. The zero-order valence-corrected chi connectivity index (χ0v) is 12.0. The van der Waals surface area contributed by atoms with Gasteiger partial charge in [0.25, 0.3) is 0 Å². The Labute approximate surface area is 124 Å². The summed E-state index contributed by atoms with van der Waals surface area (Å²) in [5.74, 6) is 1.41. The molecule has 0 amide bonds. The second kappa shape index (κ2) is 7.71. The summed E-state index contributed by atoms with van der Waals surface area (Å²) in [4.78, 5) is 11.8. The summed E-state index contributed by atoms with van der Waals surface area (Å²) < 4.78 is 5.68. The first-order valence-electron chi connectivity index (χ1n) is 6.65. The van der Waals surface area contributed by atoms with Crippen LogP contribution in [0.3, 0.4) is 0 Å². The van der Waals surface area contributed by atoms with E-state index in [1.807, 2.05) is 42.5 Å². The highest BCUT2D eigenvalue weighted by atomic mass is 35.5. The summed E-state index contributed by atoms with van der Waals surface area (Å²) in [6.07, 6.45) is 1.21. The third-order valence-electron chi connectivity index (χ3n) is 2.96. The summed E-state index contributed by atoms with van der Waals surface area (Å²) in [5.41, 5.74) is 1.83. The van der Waals surface area contributed by atoms with E-state index in [1.54, 1.807) is 12.1 Å². The average Bonchev–Trinajstić information content (AvgIpc) is 2.52. The maximum absolute atomic E-state index is 11.8. The van der Waals surface area contributed by atoms with Crippen molar-refractivity contribution in [1.29, 1.82) is 0 Å². The SMILES string of the molecule is O=C(CCCCl)c1ccc(OCc2ccccc2)cc1. The molecule has 3 heteroatoms. The Hall–Kier alpha value is -1.80. The van der Waals surface area contributed by atoms with Gasteiger partial charge in [0.2, 0.25) is 0 Å². The molecule has 2 nitrogen and oxygen atoms in total. The fourth-order valence-corrected chi connectivity index (χ4v) is 1.98. The van der Waals surface area contributed by atoms with Gasteiger partial charge in [-0.05, 0) is 36.2 Å². The number of carbonyl (C=O) groups excluding carboxylic acids is 1. The van der Waals surface area contributed by atoms with Gasteiger partial charge in [0.05, 0.1) is 0 Å². The van der Waals surface area contributed by atoms with Crippen molar-refractivity contribution in [2.24, 2.45) is 0 Å². The Kier molecular flexibility index (Phi) is 5.63. The highest BCUT2D eigenvalue weighted by Crippen LogP contribution is 2.15. The van der Waals surface area contributed by atoms with Gasteiger partial charge in [-0.3, -0.25) is 4.79 Å². The van der Waals surface area contributed by atoms with Crippen molar-refractivity contribution in [3.63, 3.8) is 0 Å². The van der Waals surface area contributed by atoms with Crippen molar-refractivity contribution in [3.8, 4) is 5.75 Å². The molecule has 0 aliphatic carbocycles. The summed E-state index contributed by atoms with van der Waals surface area (Å²) in [6.45, 7) is 0.528. The molecule has 2 aromatic carbocycles. The molecule has 0 saturated carbocycles. The van der Waals surface area contributed by atoms with E-state index in [1.165, 1.54) is 0 Å². The molecule has 0 aliphatic heterocycles. The van der Waals surface area contributed by atoms with E-state index in [0.717, 1.165) is 11.3 Å². The van der Waals surface area contributed by atoms with Gasteiger partial charge in [-0.2, -0.15) is 0 Å². The first kappa shape index (κ1) is 14.6. The van der Waals surface area contributed by atoms with Crippen LogP contribution >= 0.6 is 11.6 Å². The van der Waals surface area contributed by atoms with Gasteiger partial charge in [0.1, 0.15) is 12.4 Å². The fourth-order valence-electron chi connectivity index (χ4n) is 1.85. The van der Waals surface area contributed by atoms with Gasteiger partial charge in [-0.25, -0.2) is 0 Å². The number of ether oxygens (including phenoxy) is 1. The van der Waals surface area contributed by atoms with Crippen LogP contribution in [-0.4, -0.2) is 11.7 Å². The van der Waals surface area contributed by atoms with Gasteiger partial charge in [-0.15, -0.1) is 11.6 Å². The van der Waals surface area contributed by atoms with Crippen molar-refractivity contribution in [2.75, 3.05) is 5.88 Å². The molecule has 0 bridgehead atoms. The molecule has 0 fully saturated rings. The third-order valence-corrected chi connectivity index (χ3v) is 3.23. The molecule has 2 aromatic rings. The Bertz CT molecular complexity index is 535. The lowest BCUT2D eigenvalue weighted by atomic mass is 10.1. The molecule has 0 heterocycles. The average molecular weight is 289 g/mol. The molecular formula is C17H17ClO2. The van der Waals surface area contributed by atoms with Crippen LogP contribution in [0, 0.1) is 0 Å². The summed E-state index contributed by atoms with van der Waals surface area (Å²) in [5, 5.41) is 0. The minimum Gasteiger partial charge on any atom is -0.489 e. The lowest BCUT2D eigenvalue weighted by molar-refractivity contribution is 0.0982. The van der Waals surface area contributed by atoms with Gasteiger partial charge in [-0.1, -0.05) is 30.3 Å². The number of alkyl halides is 1. The minimum absolute atomic E-state index is 0.125. The number of halogens is 1. The van der Waals surface area contributed by atoms with E-state index in [2.05, 4.69) is 0 Å². The summed E-state index contributed by atoms with van der Waals surface area (Å²) in [7, 11) is 0. The van der Waals surface area contributed by atoms with Crippen molar-refractivity contribution >= 4 is 17.4 Å². The molecule has 0 aromatic heterocycles. The van der Waals surface area contributed by atoms with Gasteiger partial charge < -0.3 is 4.74 Å². The first-order chi connectivity index (χ1) is 9.79. The van der Waals surface area contributed by atoms with Crippen LogP contribution < -0.4 is 4.74 Å². The van der Waals surface area contributed by atoms with Crippen LogP contribution in [0.4, 0.5) is 0 Å². The number of benzene rings is 2. The molecule has 0 aliphatic rings. The molecule has 0 spiro atoms. The van der Waals surface area contributed by atoms with Gasteiger partial charge in [0, 0.05) is 17.9 Å². The number of hydrogen-bond donors (Lipinski definition) is 0. The number of ketones is 1. The summed E-state index contributed by atoms with van der Waals surface area (Å²) in [6, 6.07) is 17.2. The molecule has 2 rings (SSSR count). The van der Waals surface area contributed by atoms with E-state index in [9.17, 15) is 4.79 Å². The highest BCUT2D eigenvalue weighted by molar-refractivity contribution is 6.18. The van der Waals surface area contributed by atoms with Crippen molar-refractivity contribution in [2.45, 2.75) is 19.4 Å². The van der Waals surface area contributed by atoms with E-state index in [4.69, 9.17) is 16.3 Å². The Morgan fingerprint density at radius 3 is 2.35 bits per heavy atom. The molecule has 0 radical (unpaired) electrons. The predicted molar refractivity (Wildman–Crippen MR) is 81.5 cm³/mol. The van der Waals surface area contributed by atoms with E-state index in [-0.39, 0.29) is 5.78 Å². The van der Waals surface area contributed by atoms with E-state index < -0.39 is 0 Å². The quantitative estimate of drug-likeness (QED) is 0.555. The fraction of sp³-hybridized carbons (Fsp3) is 0.235. The summed E-state index contributed by atoms with van der Waals surface area (Å²) >= 11 is 5.59. The third kappa shape index (κ3) is 4.39. The van der Waals surface area contributed by atoms with E-state index in [0.29, 0.717) is 30.9 Å². The Morgan fingerprint density at radius 2 is 1.70 bits per heavy atom. The number of rotatable bonds is 7. The van der Waals surface area contributed by atoms with Crippen LogP contribution in [0.2, 0.25) is 0 Å². The molecule has 104 valence electrons. The maximum atomic E-state index is 11.8.